The molecule has 0 N–H and O–H groups in total. The van der Waals surface area contributed by atoms with Gasteiger partial charge in [0.1, 0.15) is 11.6 Å². The van der Waals surface area contributed by atoms with Crippen molar-refractivity contribution in [1.82, 2.24) is 14.9 Å². The van der Waals surface area contributed by atoms with Crippen LogP contribution >= 0.6 is 0 Å². The van der Waals surface area contributed by atoms with Gasteiger partial charge in [0.15, 0.2) is 0 Å². The largest absolute Gasteiger partial charge is 0.294 e. The van der Waals surface area contributed by atoms with Crippen LogP contribution < -0.4 is 0 Å². The molecule has 1 aromatic heterocycles. The molecule has 0 radical (unpaired) electrons. The Balaban J connectivity index is 1.78. The van der Waals surface area contributed by atoms with Crippen LogP contribution in [0.25, 0.3) is 0 Å². The third-order valence-electron chi connectivity index (χ3n) is 4.32. The SMILES string of the molecule is CC(C)(C)c1ncc2c(n1)CCN(Cc1cc([N+](=O)[O-])ccc1F)C2. The van der Waals surface area contributed by atoms with E-state index in [0.717, 1.165) is 36.1 Å². The minimum Gasteiger partial charge on any atom is -0.294 e. The summed E-state index contributed by atoms with van der Waals surface area (Å²) in [5, 5.41) is 10.9. The zero-order valence-corrected chi connectivity index (χ0v) is 14.6. The van der Waals surface area contributed by atoms with Gasteiger partial charge < -0.3 is 0 Å². The molecule has 0 bridgehead atoms. The molecule has 6 nitrogen and oxygen atoms in total. The third-order valence-corrected chi connectivity index (χ3v) is 4.32. The summed E-state index contributed by atoms with van der Waals surface area (Å²) in [5.74, 6) is 0.403. The summed E-state index contributed by atoms with van der Waals surface area (Å²) in [6, 6.07) is 3.65. The first kappa shape index (κ1) is 17.4. The number of halogens is 1. The number of rotatable bonds is 3. The van der Waals surface area contributed by atoms with Crippen LogP contribution in [-0.2, 0) is 24.9 Å². The summed E-state index contributed by atoms with van der Waals surface area (Å²) in [5.41, 5.74) is 2.22. The van der Waals surface area contributed by atoms with E-state index in [1.165, 1.54) is 12.1 Å². The van der Waals surface area contributed by atoms with Crippen molar-refractivity contribution in [2.75, 3.05) is 6.54 Å². The number of nitrogens with zero attached hydrogens (tertiary/aromatic N) is 4. The summed E-state index contributed by atoms with van der Waals surface area (Å²) >= 11 is 0. The Morgan fingerprint density at radius 3 is 2.80 bits per heavy atom. The Bertz CT molecular complexity index is 817. The van der Waals surface area contributed by atoms with E-state index in [4.69, 9.17) is 0 Å². The maximum atomic E-state index is 14.0. The standard InChI is InChI=1S/C18H21FN4O2/c1-18(2,3)17-20-9-13-11-22(7-6-16(13)21-17)10-12-8-14(23(24)25)4-5-15(12)19/h4-5,8-9H,6-7,10-11H2,1-3H3. The van der Waals surface area contributed by atoms with Crippen LogP contribution in [-0.4, -0.2) is 26.3 Å². The van der Waals surface area contributed by atoms with Crippen molar-refractivity contribution in [2.24, 2.45) is 0 Å². The highest BCUT2D eigenvalue weighted by Crippen LogP contribution is 2.24. The average Bonchev–Trinajstić information content (AvgIpc) is 2.55. The van der Waals surface area contributed by atoms with Crippen LogP contribution in [0.1, 0.15) is 43.4 Å². The van der Waals surface area contributed by atoms with Gasteiger partial charge >= 0.3 is 0 Å². The molecule has 7 heteroatoms. The smallest absolute Gasteiger partial charge is 0.269 e. The molecule has 1 aliphatic rings. The maximum Gasteiger partial charge on any atom is 0.269 e. The van der Waals surface area contributed by atoms with E-state index < -0.39 is 10.7 Å². The molecule has 2 aromatic rings. The molecule has 0 spiro atoms. The Morgan fingerprint density at radius 1 is 1.36 bits per heavy atom. The van der Waals surface area contributed by atoms with Crippen LogP contribution in [0.2, 0.25) is 0 Å². The molecule has 0 unspecified atom stereocenters. The lowest BCUT2D eigenvalue weighted by molar-refractivity contribution is -0.385. The van der Waals surface area contributed by atoms with Crippen LogP contribution in [0.15, 0.2) is 24.4 Å². The molecule has 1 aliphatic heterocycles. The molecule has 132 valence electrons. The van der Waals surface area contributed by atoms with E-state index in [1.54, 1.807) is 0 Å². The topological polar surface area (TPSA) is 72.2 Å². The fourth-order valence-corrected chi connectivity index (χ4v) is 2.91. The van der Waals surface area contributed by atoms with E-state index in [1.807, 2.05) is 6.20 Å². The second kappa shape index (κ2) is 6.48. The van der Waals surface area contributed by atoms with Gasteiger partial charge in [0.05, 0.1) is 4.92 Å². The lowest BCUT2D eigenvalue weighted by atomic mass is 9.95. The second-order valence-electron chi connectivity index (χ2n) is 7.41. The number of nitro groups is 1. The van der Waals surface area contributed by atoms with Gasteiger partial charge in [-0.1, -0.05) is 20.8 Å². The van der Waals surface area contributed by atoms with Gasteiger partial charge in [0, 0.05) is 66.6 Å². The molecular formula is C18H21FN4O2. The fourth-order valence-electron chi connectivity index (χ4n) is 2.91. The third kappa shape index (κ3) is 3.82. The van der Waals surface area contributed by atoms with Crippen molar-refractivity contribution >= 4 is 5.69 Å². The molecule has 0 aliphatic carbocycles. The number of nitro benzene ring substituents is 1. The number of non-ortho nitro benzene ring substituents is 1. The minimum atomic E-state index is -0.504. The summed E-state index contributed by atoms with van der Waals surface area (Å²) < 4.78 is 14.0. The highest BCUT2D eigenvalue weighted by molar-refractivity contribution is 5.35. The van der Waals surface area contributed by atoms with E-state index in [0.29, 0.717) is 18.7 Å². The molecule has 0 saturated carbocycles. The molecule has 25 heavy (non-hydrogen) atoms. The monoisotopic (exact) mass is 344 g/mol. The van der Waals surface area contributed by atoms with Crippen molar-refractivity contribution < 1.29 is 9.31 Å². The van der Waals surface area contributed by atoms with Gasteiger partial charge in [0.2, 0.25) is 0 Å². The Kier molecular flexibility index (Phi) is 4.51. The van der Waals surface area contributed by atoms with Crippen molar-refractivity contribution in [3.63, 3.8) is 0 Å². The molecule has 0 atom stereocenters. The van der Waals surface area contributed by atoms with Gasteiger partial charge in [-0.05, 0) is 6.07 Å². The molecule has 0 amide bonds. The summed E-state index contributed by atoms with van der Waals surface area (Å²) in [7, 11) is 0. The molecule has 1 aromatic carbocycles. The number of fused-ring (bicyclic) bond motifs is 1. The van der Waals surface area contributed by atoms with E-state index in [-0.39, 0.29) is 11.1 Å². The minimum absolute atomic E-state index is 0.0908. The van der Waals surface area contributed by atoms with Crippen LogP contribution in [0.5, 0.6) is 0 Å². The number of hydrogen-bond donors (Lipinski definition) is 0. The van der Waals surface area contributed by atoms with Crippen LogP contribution in [0, 0.1) is 15.9 Å². The zero-order valence-electron chi connectivity index (χ0n) is 14.6. The maximum absolute atomic E-state index is 14.0. The van der Waals surface area contributed by atoms with E-state index in [2.05, 4.69) is 35.6 Å². The van der Waals surface area contributed by atoms with E-state index >= 15 is 0 Å². The Morgan fingerprint density at radius 2 is 2.12 bits per heavy atom. The summed E-state index contributed by atoms with van der Waals surface area (Å²) in [4.78, 5) is 21.6. The van der Waals surface area contributed by atoms with Crippen molar-refractivity contribution in [2.45, 2.75) is 45.7 Å². The lowest BCUT2D eigenvalue weighted by Gasteiger charge is -2.29. The van der Waals surface area contributed by atoms with Gasteiger partial charge in [-0.15, -0.1) is 0 Å². The second-order valence-corrected chi connectivity index (χ2v) is 7.41. The van der Waals surface area contributed by atoms with Crippen LogP contribution in [0.3, 0.4) is 0 Å². The first-order valence-electron chi connectivity index (χ1n) is 8.24. The van der Waals surface area contributed by atoms with E-state index in [9.17, 15) is 14.5 Å². The van der Waals surface area contributed by atoms with Crippen LogP contribution in [0.4, 0.5) is 10.1 Å². The highest BCUT2D eigenvalue weighted by atomic mass is 19.1. The Labute approximate surface area is 145 Å². The Hall–Kier alpha value is -2.41. The number of benzene rings is 1. The zero-order chi connectivity index (χ0) is 18.2. The fraction of sp³-hybridized carbons (Fsp3) is 0.444. The summed E-state index contributed by atoms with van der Waals surface area (Å²) in [6.45, 7) is 7.91. The van der Waals surface area contributed by atoms with Crippen molar-refractivity contribution in [3.05, 3.63) is 63.0 Å². The number of hydrogen-bond acceptors (Lipinski definition) is 5. The molecule has 0 fully saturated rings. The van der Waals surface area contributed by atoms with Gasteiger partial charge in [-0.25, -0.2) is 14.4 Å². The van der Waals surface area contributed by atoms with Crippen molar-refractivity contribution in [1.29, 1.82) is 0 Å². The first-order chi connectivity index (χ1) is 11.7. The quantitative estimate of drug-likeness (QED) is 0.630. The predicted octanol–water partition coefficient (Wildman–Crippen LogP) is 3.38. The summed E-state index contributed by atoms with van der Waals surface area (Å²) in [6.07, 6.45) is 2.61. The van der Waals surface area contributed by atoms with Gasteiger partial charge in [-0.2, -0.15) is 0 Å². The first-order valence-corrected chi connectivity index (χ1v) is 8.24. The molecule has 0 saturated heterocycles. The highest BCUT2D eigenvalue weighted by Gasteiger charge is 2.23. The average molecular weight is 344 g/mol. The molecule has 3 rings (SSSR count). The van der Waals surface area contributed by atoms with Crippen molar-refractivity contribution in [3.8, 4) is 0 Å². The van der Waals surface area contributed by atoms with Gasteiger partial charge in [0.25, 0.3) is 5.69 Å². The predicted molar refractivity (Wildman–Crippen MR) is 91.6 cm³/mol. The molecular weight excluding hydrogens is 323 g/mol. The normalized spacial score (nSPS) is 15.0. The van der Waals surface area contributed by atoms with Gasteiger partial charge in [-0.3, -0.25) is 15.0 Å². The lowest BCUT2D eigenvalue weighted by Crippen LogP contribution is -2.32. The number of aromatic nitrogens is 2. The molecule has 2 heterocycles.